The fourth-order valence-electron chi connectivity index (χ4n) is 2.81. The van der Waals surface area contributed by atoms with Gasteiger partial charge >= 0.3 is 0 Å². The number of aliphatic hydroxyl groups is 1. The maximum Gasteiger partial charge on any atom is 0.0639 e. The van der Waals surface area contributed by atoms with Crippen LogP contribution in [0.5, 0.6) is 0 Å². The maximum atomic E-state index is 8.99. The van der Waals surface area contributed by atoms with Crippen LogP contribution in [0.1, 0.15) is 40.0 Å². The average molecular weight is 226 g/mol. The summed E-state index contributed by atoms with van der Waals surface area (Å²) in [5, 5.41) is 8.99. The molecule has 1 aliphatic carbocycles. The van der Waals surface area contributed by atoms with Crippen molar-refractivity contribution in [2.24, 2.45) is 17.3 Å². The molecule has 2 unspecified atom stereocenters. The fraction of sp³-hybridized carbons (Fsp3) is 0.857. The largest absolute Gasteiger partial charge is 0.392 e. The van der Waals surface area contributed by atoms with Crippen molar-refractivity contribution in [3.05, 3.63) is 11.6 Å². The topological polar surface area (TPSA) is 29.5 Å². The first-order chi connectivity index (χ1) is 7.52. The number of hydrogen-bond acceptors (Lipinski definition) is 2. The van der Waals surface area contributed by atoms with Crippen molar-refractivity contribution >= 4 is 0 Å². The molecule has 0 bridgehead atoms. The van der Waals surface area contributed by atoms with Crippen LogP contribution in [0.4, 0.5) is 0 Å². The lowest BCUT2D eigenvalue weighted by Gasteiger charge is -2.32. The van der Waals surface area contributed by atoms with Gasteiger partial charge in [0.05, 0.1) is 6.61 Å². The molecule has 94 valence electrons. The first-order valence-electron chi connectivity index (χ1n) is 6.27. The van der Waals surface area contributed by atoms with E-state index in [0.29, 0.717) is 11.3 Å². The molecular formula is C14H26O2. The van der Waals surface area contributed by atoms with Crippen LogP contribution >= 0.6 is 0 Å². The molecule has 1 saturated carbocycles. The molecule has 1 rings (SSSR count). The second kappa shape index (κ2) is 5.83. The summed E-state index contributed by atoms with van der Waals surface area (Å²) in [7, 11) is 1.79. The molecule has 0 heterocycles. The summed E-state index contributed by atoms with van der Waals surface area (Å²) in [5.41, 5.74) is 1.45. The van der Waals surface area contributed by atoms with E-state index in [4.69, 9.17) is 9.84 Å². The van der Waals surface area contributed by atoms with Gasteiger partial charge < -0.3 is 9.84 Å². The summed E-state index contributed by atoms with van der Waals surface area (Å²) < 4.78 is 5.30. The third-order valence-corrected chi connectivity index (χ3v) is 4.34. The van der Waals surface area contributed by atoms with Gasteiger partial charge in [0.2, 0.25) is 0 Å². The predicted molar refractivity (Wildman–Crippen MR) is 67.3 cm³/mol. The molecule has 0 spiro atoms. The Bertz CT molecular complexity index is 243. The zero-order chi connectivity index (χ0) is 12.2. The van der Waals surface area contributed by atoms with Crippen molar-refractivity contribution in [3.8, 4) is 0 Å². The Kier molecular flexibility index (Phi) is 5.00. The highest BCUT2D eigenvalue weighted by Gasteiger charge is 2.41. The average Bonchev–Trinajstić information content (AvgIpc) is 2.52. The highest BCUT2D eigenvalue weighted by Crippen LogP contribution is 2.49. The highest BCUT2D eigenvalue weighted by molar-refractivity contribution is 5.02. The molecule has 1 fully saturated rings. The van der Waals surface area contributed by atoms with E-state index >= 15 is 0 Å². The first-order valence-corrected chi connectivity index (χ1v) is 6.27. The van der Waals surface area contributed by atoms with Gasteiger partial charge in [-0.15, -0.1) is 0 Å². The van der Waals surface area contributed by atoms with Crippen LogP contribution in [-0.2, 0) is 4.74 Å². The Balaban J connectivity index is 2.57. The number of hydrogen-bond donors (Lipinski definition) is 1. The Morgan fingerprint density at radius 2 is 2.00 bits per heavy atom. The second-order valence-corrected chi connectivity index (χ2v) is 5.69. The van der Waals surface area contributed by atoms with Gasteiger partial charge in [-0.25, -0.2) is 0 Å². The SMILES string of the molecule is COCC1CCC(C/C=C(\C)CO)C1(C)C. The van der Waals surface area contributed by atoms with Gasteiger partial charge in [-0.05, 0) is 43.4 Å². The number of ether oxygens (including phenoxy) is 1. The summed E-state index contributed by atoms with van der Waals surface area (Å²) in [6.45, 7) is 7.78. The Morgan fingerprint density at radius 3 is 2.56 bits per heavy atom. The number of allylic oxidation sites excluding steroid dienone is 1. The molecule has 0 aromatic rings. The van der Waals surface area contributed by atoms with Gasteiger partial charge in [0.15, 0.2) is 0 Å². The maximum absolute atomic E-state index is 8.99. The van der Waals surface area contributed by atoms with E-state index in [2.05, 4.69) is 19.9 Å². The molecule has 1 aliphatic rings. The molecule has 0 amide bonds. The molecule has 2 heteroatoms. The van der Waals surface area contributed by atoms with Gasteiger partial charge in [-0.2, -0.15) is 0 Å². The van der Waals surface area contributed by atoms with Gasteiger partial charge in [0.1, 0.15) is 0 Å². The molecule has 2 nitrogen and oxygen atoms in total. The highest BCUT2D eigenvalue weighted by atomic mass is 16.5. The lowest BCUT2D eigenvalue weighted by molar-refractivity contribution is 0.0817. The summed E-state index contributed by atoms with van der Waals surface area (Å²) in [6, 6.07) is 0. The first kappa shape index (κ1) is 13.7. The minimum absolute atomic E-state index is 0.189. The van der Waals surface area contributed by atoms with Crippen LogP contribution in [0.2, 0.25) is 0 Å². The summed E-state index contributed by atoms with van der Waals surface area (Å²) in [5.74, 6) is 1.42. The molecule has 1 N–H and O–H groups in total. The molecule has 0 aliphatic heterocycles. The molecule has 2 atom stereocenters. The Labute approximate surface area is 99.7 Å². The van der Waals surface area contributed by atoms with E-state index in [0.717, 1.165) is 24.5 Å². The van der Waals surface area contributed by atoms with E-state index in [1.807, 2.05) is 6.92 Å². The smallest absolute Gasteiger partial charge is 0.0639 e. The predicted octanol–water partition coefficient (Wildman–Crippen LogP) is 3.01. The van der Waals surface area contributed by atoms with Crippen LogP contribution in [0.25, 0.3) is 0 Å². The summed E-state index contributed by atoms with van der Waals surface area (Å²) in [6.07, 6.45) is 5.86. The van der Waals surface area contributed by atoms with E-state index in [1.54, 1.807) is 7.11 Å². The van der Waals surface area contributed by atoms with Gasteiger partial charge in [0, 0.05) is 13.7 Å². The zero-order valence-corrected chi connectivity index (χ0v) is 11.1. The second-order valence-electron chi connectivity index (χ2n) is 5.69. The minimum atomic E-state index is 0.189. The molecule has 0 saturated heterocycles. The third-order valence-electron chi connectivity index (χ3n) is 4.34. The van der Waals surface area contributed by atoms with Crippen LogP contribution < -0.4 is 0 Å². The fourth-order valence-corrected chi connectivity index (χ4v) is 2.81. The standard InChI is InChI=1S/C14H26O2/c1-11(9-15)5-6-12-7-8-13(10-16-4)14(12,2)3/h5,12-13,15H,6-10H2,1-4H3/b11-5+. The molecule has 0 aromatic carbocycles. The van der Waals surface area contributed by atoms with Crippen LogP contribution in [0, 0.1) is 17.3 Å². The number of aliphatic hydroxyl groups excluding tert-OH is 1. The molecule has 16 heavy (non-hydrogen) atoms. The van der Waals surface area contributed by atoms with E-state index in [1.165, 1.54) is 12.8 Å². The van der Waals surface area contributed by atoms with E-state index < -0.39 is 0 Å². The molecule has 0 aromatic heterocycles. The van der Waals surface area contributed by atoms with Crippen molar-refractivity contribution in [1.29, 1.82) is 0 Å². The van der Waals surface area contributed by atoms with Gasteiger partial charge in [0.25, 0.3) is 0 Å². The van der Waals surface area contributed by atoms with Crippen molar-refractivity contribution < 1.29 is 9.84 Å². The molecular weight excluding hydrogens is 200 g/mol. The summed E-state index contributed by atoms with van der Waals surface area (Å²) >= 11 is 0. The lowest BCUT2D eigenvalue weighted by atomic mass is 9.74. The van der Waals surface area contributed by atoms with Gasteiger partial charge in [-0.3, -0.25) is 0 Å². The van der Waals surface area contributed by atoms with Crippen molar-refractivity contribution in [1.82, 2.24) is 0 Å². The summed E-state index contributed by atoms with van der Waals surface area (Å²) in [4.78, 5) is 0. The van der Waals surface area contributed by atoms with Crippen LogP contribution in [0.15, 0.2) is 11.6 Å². The minimum Gasteiger partial charge on any atom is -0.392 e. The van der Waals surface area contributed by atoms with E-state index in [-0.39, 0.29) is 6.61 Å². The van der Waals surface area contributed by atoms with Crippen molar-refractivity contribution in [3.63, 3.8) is 0 Å². The lowest BCUT2D eigenvalue weighted by Crippen LogP contribution is -2.27. The normalized spacial score (nSPS) is 29.7. The number of rotatable bonds is 5. The Morgan fingerprint density at radius 1 is 1.38 bits per heavy atom. The Hall–Kier alpha value is -0.340. The monoisotopic (exact) mass is 226 g/mol. The van der Waals surface area contributed by atoms with Crippen molar-refractivity contribution in [2.75, 3.05) is 20.3 Å². The zero-order valence-electron chi connectivity index (χ0n) is 11.1. The van der Waals surface area contributed by atoms with E-state index in [9.17, 15) is 0 Å². The van der Waals surface area contributed by atoms with Crippen LogP contribution in [-0.4, -0.2) is 25.4 Å². The third kappa shape index (κ3) is 3.08. The van der Waals surface area contributed by atoms with Gasteiger partial charge in [-0.1, -0.05) is 25.5 Å². The van der Waals surface area contributed by atoms with Crippen LogP contribution in [0.3, 0.4) is 0 Å². The van der Waals surface area contributed by atoms with Crippen molar-refractivity contribution in [2.45, 2.75) is 40.0 Å². The number of methoxy groups -OCH3 is 1. The quantitative estimate of drug-likeness (QED) is 0.730. The molecule has 0 radical (unpaired) electrons.